The van der Waals surface area contributed by atoms with Crippen molar-refractivity contribution in [3.8, 4) is 0 Å². The molecule has 29 heavy (non-hydrogen) atoms. The number of benzene rings is 2. The molecule has 0 aliphatic rings. The summed E-state index contributed by atoms with van der Waals surface area (Å²) < 4.78 is 43.4. The molecule has 0 amide bonds. The van der Waals surface area contributed by atoms with Crippen molar-refractivity contribution in [2.24, 2.45) is 0 Å². The largest absolute Gasteiger partial charge is 0.456 e. The summed E-state index contributed by atoms with van der Waals surface area (Å²) in [6, 6.07) is 11.3. The Labute approximate surface area is 170 Å². The number of ketones is 1. The third-order valence-electron chi connectivity index (χ3n) is 4.31. The number of carbonyl (C=O) groups excluding carboxylic acids is 2. The molecule has 0 heterocycles. The molecular weight excluding hydrogens is 397 g/mol. The number of esters is 1. The lowest BCUT2D eigenvalue weighted by atomic mass is 9.86. The molecule has 0 spiro atoms. The Morgan fingerprint density at radius 1 is 1.00 bits per heavy atom. The van der Waals surface area contributed by atoms with Crippen LogP contribution < -0.4 is 0 Å². The van der Waals surface area contributed by atoms with Crippen LogP contribution in [0.15, 0.2) is 53.4 Å². The quantitative estimate of drug-likeness (QED) is 0.507. The molecule has 2 rings (SSSR count). The van der Waals surface area contributed by atoms with Gasteiger partial charge in [0, 0.05) is 12.6 Å². The highest BCUT2D eigenvalue weighted by molar-refractivity contribution is 7.89. The summed E-state index contributed by atoms with van der Waals surface area (Å²) in [4.78, 5) is 24.0. The van der Waals surface area contributed by atoms with E-state index >= 15 is 0 Å². The monoisotopic (exact) mass is 421 g/mol. The summed E-state index contributed by atoms with van der Waals surface area (Å²) in [7, 11) is -2.78. The van der Waals surface area contributed by atoms with Crippen LogP contribution in [0.25, 0.3) is 0 Å². The lowest BCUT2D eigenvalue weighted by molar-refractivity contribution is -0.142. The average Bonchev–Trinajstić information content (AvgIpc) is 2.65. The molecule has 0 atom stereocenters. The van der Waals surface area contributed by atoms with E-state index in [2.05, 4.69) is 20.8 Å². The van der Waals surface area contributed by atoms with Crippen LogP contribution in [0.5, 0.6) is 0 Å². The number of hydrogen-bond acceptors (Lipinski definition) is 5. The van der Waals surface area contributed by atoms with Crippen LogP contribution in [-0.4, -0.2) is 44.7 Å². The van der Waals surface area contributed by atoms with E-state index in [-0.39, 0.29) is 16.1 Å². The fourth-order valence-corrected chi connectivity index (χ4v) is 3.60. The Morgan fingerprint density at radius 3 is 2.07 bits per heavy atom. The molecular formula is C21H24FNO5S. The minimum Gasteiger partial charge on any atom is -0.456 e. The van der Waals surface area contributed by atoms with Gasteiger partial charge in [-0.1, -0.05) is 45.0 Å². The van der Waals surface area contributed by atoms with Gasteiger partial charge in [0.25, 0.3) is 0 Å². The van der Waals surface area contributed by atoms with Crippen LogP contribution in [-0.2, 0) is 25.0 Å². The molecule has 0 aromatic heterocycles. The van der Waals surface area contributed by atoms with Gasteiger partial charge >= 0.3 is 5.97 Å². The standard InChI is InChI=1S/C21H24FNO5S/c1-21(2,3)16-7-5-15(6-8-16)19(24)14-28-20(25)13-23(4)29(26,27)18-11-9-17(22)10-12-18/h5-12H,13-14H2,1-4H3. The van der Waals surface area contributed by atoms with E-state index in [0.29, 0.717) is 5.56 Å². The zero-order chi connectivity index (χ0) is 21.8. The fraction of sp³-hybridized carbons (Fsp3) is 0.333. The Hall–Kier alpha value is -2.58. The maximum absolute atomic E-state index is 13.0. The van der Waals surface area contributed by atoms with Crippen LogP contribution in [0.2, 0.25) is 0 Å². The predicted molar refractivity (Wildman–Crippen MR) is 107 cm³/mol. The lowest BCUT2D eigenvalue weighted by Crippen LogP contribution is -2.33. The van der Waals surface area contributed by atoms with Gasteiger partial charge in [-0.25, -0.2) is 12.8 Å². The molecule has 2 aromatic carbocycles. The second-order valence-corrected chi connectivity index (χ2v) is 9.67. The number of halogens is 1. The van der Waals surface area contributed by atoms with Gasteiger partial charge in [-0.3, -0.25) is 9.59 Å². The van der Waals surface area contributed by atoms with Crippen LogP contribution >= 0.6 is 0 Å². The molecule has 0 fully saturated rings. The smallest absolute Gasteiger partial charge is 0.321 e. The number of rotatable bonds is 7. The van der Waals surface area contributed by atoms with Crippen LogP contribution in [0, 0.1) is 5.82 Å². The van der Waals surface area contributed by atoms with Gasteiger partial charge in [-0.15, -0.1) is 0 Å². The normalized spacial score (nSPS) is 12.1. The van der Waals surface area contributed by atoms with Gasteiger partial charge < -0.3 is 4.74 Å². The highest BCUT2D eigenvalue weighted by atomic mass is 32.2. The number of ether oxygens (including phenoxy) is 1. The van der Waals surface area contributed by atoms with Crippen molar-refractivity contribution in [1.29, 1.82) is 0 Å². The molecule has 0 unspecified atom stereocenters. The third kappa shape index (κ3) is 5.95. The van der Waals surface area contributed by atoms with Crippen molar-refractivity contribution in [2.45, 2.75) is 31.1 Å². The summed E-state index contributed by atoms with van der Waals surface area (Å²) in [6.45, 7) is 5.11. The van der Waals surface area contributed by atoms with Crippen LogP contribution in [0.1, 0.15) is 36.7 Å². The van der Waals surface area contributed by atoms with E-state index in [9.17, 15) is 22.4 Å². The first-order chi connectivity index (χ1) is 13.4. The number of likely N-dealkylation sites (N-methyl/N-ethyl adjacent to an activating group) is 1. The summed E-state index contributed by atoms with van der Waals surface area (Å²) in [5, 5.41) is 0. The maximum atomic E-state index is 13.0. The molecule has 0 aliphatic carbocycles. The van der Waals surface area contributed by atoms with E-state index in [0.717, 1.165) is 34.1 Å². The van der Waals surface area contributed by atoms with Crippen molar-refractivity contribution in [2.75, 3.05) is 20.2 Å². The van der Waals surface area contributed by atoms with E-state index in [1.165, 1.54) is 7.05 Å². The van der Waals surface area contributed by atoms with Gasteiger partial charge in [0.15, 0.2) is 12.4 Å². The molecule has 6 nitrogen and oxygen atoms in total. The first-order valence-corrected chi connectivity index (χ1v) is 10.4. The zero-order valence-corrected chi connectivity index (χ0v) is 17.6. The van der Waals surface area contributed by atoms with Crippen LogP contribution in [0.4, 0.5) is 4.39 Å². The lowest BCUT2D eigenvalue weighted by Gasteiger charge is -2.19. The summed E-state index contributed by atoms with van der Waals surface area (Å²) in [6.07, 6.45) is 0. The molecule has 0 N–H and O–H groups in total. The van der Waals surface area contributed by atoms with E-state index in [4.69, 9.17) is 4.74 Å². The summed E-state index contributed by atoms with van der Waals surface area (Å²) in [5.74, 6) is -1.82. The van der Waals surface area contributed by atoms with E-state index in [1.54, 1.807) is 12.1 Å². The second-order valence-electron chi connectivity index (χ2n) is 7.63. The van der Waals surface area contributed by atoms with Crippen molar-refractivity contribution in [3.05, 3.63) is 65.5 Å². The zero-order valence-electron chi connectivity index (χ0n) is 16.8. The molecule has 0 radical (unpaired) electrons. The van der Waals surface area contributed by atoms with Gasteiger partial charge in [0.1, 0.15) is 12.4 Å². The molecule has 156 valence electrons. The van der Waals surface area contributed by atoms with Crippen molar-refractivity contribution >= 4 is 21.8 Å². The molecule has 0 saturated heterocycles. The first kappa shape index (κ1) is 22.7. The highest BCUT2D eigenvalue weighted by Gasteiger charge is 2.24. The number of hydrogen-bond donors (Lipinski definition) is 0. The second kappa shape index (κ2) is 8.84. The Bertz CT molecular complexity index is 977. The van der Waals surface area contributed by atoms with Crippen molar-refractivity contribution in [1.82, 2.24) is 4.31 Å². The van der Waals surface area contributed by atoms with Crippen LogP contribution in [0.3, 0.4) is 0 Å². The number of carbonyl (C=O) groups is 2. The summed E-state index contributed by atoms with van der Waals surface area (Å²) in [5.41, 5.74) is 1.42. The predicted octanol–water partition coefficient (Wildman–Crippen LogP) is 3.17. The fourth-order valence-electron chi connectivity index (χ4n) is 2.48. The number of sulfonamides is 1. The summed E-state index contributed by atoms with van der Waals surface area (Å²) >= 11 is 0. The van der Waals surface area contributed by atoms with Gasteiger partial charge in [-0.05, 0) is 35.2 Å². The minimum absolute atomic E-state index is 0.0470. The molecule has 0 saturated carbocycles. The van der Waals surface area contributed by atoms with E-state index < -0.39 is 35.0 Å². The van der Waals surface area contributed by atoms with Gasteiger partial charge in [-0.2, -0.15) is 4.31 Å². The molecule has 2 aromatic rings. The first-order valence-electron chi connectivity index (χ1n) is 8.92. The SMILES string of the molecule is CN(CC(=O)OCC(=O)c1ccc(C(C)(C)C)cc1)S(=O)(=O)c1ccc(F)cc1. The topological polar surface area (TPSA) is 80.8 Å². The Morgan fingerprint density at radius 2 is 1.55 bits per heavy atom. The number of nitrogens with zero attached hydrogens (tertiary/aromatic N) is 1. The Balaban J connectivity index is 1.93. The Kier molecular flexibility index (Phi) is 6.92. The van der Waals surface area contributed by atoms with Gasteiger partial charge in [0.05, 0.1) is 4.90 Å². The highest BCUT2D eigenvalue weighted by Crippen LogP contribution is 2.22. The number of Topliss-reactive ketones (excluding diaryl/α,β-unsaturated/α-hetero) is 1. The van der Waals surface area contributed by atoms with E-state index in [1.807, 2.05) is 12.1 Å². The molecule has 0 aliphatic heterocycles. The van der Waals surface area contributed by atoms with Gasteiger partial charge in [0.2, 0.25) is 10.0 Å². The average molecular weight is 421 g/mol. The minimum atomic E-state index is -3.98. The molecule has 0 bridgehead atoms. The molecule has 8 heteroatoms. The maximum Gasteiger partial charge on any atom is 0.321 e. The van der Waals surface area contributed by atoms with Crippen molar-refractivity contribution in [3.63, 3.8) is 0 Å². The van der Waals surface area contributed by atoms with Crippen molar-refractivity contribution < 1.29 is 27.1 Å². The third-order valence-corrected chi connectivity index (χ3v) is 6.13.